The Hall–Kier alpha value is -1.01. The molecule has 0 atom stereocenters. The number of ether oxygens (including phenoxy) is 1. The second-order valence-electron chi connectivity index (χ2n) is 6.73. The van der Waals surface area contributed by atoms with E-state index in [0.29, 0.717) is 23.5 Å². The van der Waals surface area contributed by atoms with Gasteiger partial charge in [-0.25, -0.2) is 9.18 Å². The summed E-state index contributed by atoms with van der Waals surface area (Å²) in [7, 11) is 0. The molecule has 0 N–H and O–H groups in total. The zero-order valence-corrected chi connectivity index (χ0v) is 16.0. The van der Waals surface area contributed by atoms with Crippen LogP contribution in [0.4, 0.5) is 9.18 Å². The van der Waals surface area contributed by atoms with E-state index in [4.69, 9.17) is 17.0 Å². The lowest BCUT2D eigenvalue weighted by molar-refractivity contribution is 0.0202. The first-order chi connectivity index (χ1) is 10.7. The lowest BCUT2D eigenvalue weighted by atomic mass is 9.90. The van der Waals surface area contributed by atoms with Gasteiger partial charge in [-0.3, -0.25) is 0 Å². The summed E-state index contributed by atoms with van der Waals surface area (Å²) in [5.74, 6) is -0.194. The third kappa shape index (κ3) is 4.98. The van der Waals surface area contributed by atoms with E-state index in [1.165, 1.54) is 6.07 Å². The van der Waals surface area contributed by atoms with Crippen molar-refractivity contribution in [3.05, 3.63) is 34.1 Å². The number of nitrogens with zero attached hydrogens (tertiary/aromatic N) is 1. The summed E-state index contributed by atoms with van der Waals surface area (Å²) in [4.78, 5) is 14.4. The maximum atomic E-state index is 14.0. The number of rotatable bonds is 2. The van der Waals surface area contributed by atoms with Gasteiger partial charge in [-0.15, -0.1) is 0 Å². The summed E-state index contributed by atoms with van der Waals surface area (Å²) in [6.07, 6.45) is 1.16. The van der Waals surface area contributed by atoms with Gasteiger partial charge in [0.25, 0.3) is 0 Å². The van der Waals surface area contributed by atoms with Gasteiger partial charge in [0.2, 0.25) is 0 Å². The standard InChI is InChI=1S/C17H21BrFNO2S/c1-17(2,3)22-16(21)20-8-6-11(7-9-20)15(23)13-10-12(18)4-5-14(13)19/h4-5,10-11H,6-9H2,1-3H3. The summed E-state index contributed by atoms with van der Waals surface area (Å²) in [6.45, 7) is 6.71. The predicted molar refractivity (Wildman–Crippen MR) is 96.3 cm³/mol. The maximum absolute atomic E-state index is 14.0. The average Bonchev–Trinajstić information content (AvgIpc) is 2.47. The van der Waals surface area contributed by atoms with Crippen LogP contribution in [0, 0.1) is 11.7 Å². The number of thiocarbonyl (C=S) groups is 1. The number of piperidine rings is 1. The van der Waals surface area contributed by atoms with E-state index >= 15 is 0 Å². The fourth-order valence-corrected chi connectivity index (χ4v) is 3.31. The van der Waals surface area contributed by atoms with Crippen LogP contribution in [0.1, 0.15) is 39.2 Å². The van der Waals surface area contributed by atoms with Crippen LogP contribution in [0.15, 0.2) is 22.7 Å². The Balaban J connectivity index is 1.97. The SMILES string of the molecule is CC(C)(C)OC(=O)N1CCC(C(=S)c2cc(Br)ccc2F)CC1. The van der Waals surface area contributed by atoms with Crippen molar-refractivity contribution in [1.82, 2.24) is 4.90 Å². The number of benzene rings is 1. The molecule has 23 heavy (non-hydrogen) atoms. The normalized spacial score (nSPS) is 16.3. The number of amides is 1. The minimum absolute atomic E-state index is 0.104. The third-order valence-corrected chi connectivity index (χ3v) is 4.76. The molecule has 126 valence electrons. The molecule has 1 aromatic carbocycles. The van der Waals surface area contributed by atoms with Crippen molar-refractivity contribution < 1.29 is 13.9 Å². The third-order valence-electron chi connectivity index (χ3n) is 3.71. The Morgan fingerprint density at radius 1 is 1.35 bits per heavy atom. The Labute approximate surface area is 150 Å². The highest BCUT2D eigenvalue weighted by atomic mass is 79.9. The molecular formula is C17H21BrFNO2S. The van der Waals surface area contributed by atoms with Crippen molar-refractivity contribution in [2.45, 2.75) is 39.2 Å². The molecule has 1 fully saturated rings. The van der Waals surface area contributed by atoms with E-state index in [9.17, 15) is 9.18 Å². The van der Waals surface area contributed by atoms with Crippen LogP contribution in [0.2, 0.25) is 0 Å². The van der Waals surface area contributed by atoms with E-state index in [-0.39, 0.29) is 17.8 Å². The van der Waals surface area contributed by atoms with Crippen molar-refractivity contribution in [1.29, 1.82) is 0 Å². The highest BCUT2D eigenvalue weighted by Gasteiger charge is 2.29. The van der Waals surface area contributed by atoms with E-state index < -0.39 is 5.60 Å². The minimum Gasteiger partial charge on any atom is -0.444 e. The van der Waals surface area contributed by atoms with Gasteiger partial charge in [-0.05, 0) is 57.7 Å². The number of carbonyl (C=O) groups is 1. The second kappa shape index (κ2) is 7.26. The Kier molecular flexibility index (Phi) is 5.79. The van der Waals surface area contributed by atoms with Gasteiger partial charge < -0.3 is 9.64 Å². The maximum Gasteiger partial charge on any atom is 0.410 e. The molecule has 1 aromatic rings. The van der Waals surface area contributed by atoms with Crippen molar-refractivity contribution in [2.24, 2.45) is 5.92 Å². The molecule has 0 radical (unpaired) electrons. The summed E-state index contributed by atoms with van der Waals surface area (Å²) in [6, 6.07) is 4.80. The molecule has 0 aliphatic carbocycles. The van der Waals surface area contributed by atoms with E-state index in [1.807, 2.05) is 20.8 Å². The number of halogens is 2. The largest absolute Gasteiger partial charge is 0.444 e. The molecule has 0 aromatic heterocycles. The molecule has 1 aliphatic rings. The monoisotopic (exact) mass is 401 g/mol. The molecule has 0 bridgehead atoms. The van der Waals surface area contributed by atoms with Crippen LogP contribution < -0.4 is 0 Å². The van der Waals surface area contributed by atoms with Gasteiger partial charge in [0.05, 0.1) is 0 Å². The zero-order chi connectivity index (χ0) is 17.2. The van der Waals surface area contributed by atoms with E-state index in [1.54, 1.807) is 17.0 Å². The lowest BCUT2D eigenvalue weighted by Gasteiger charge is -2.33. The van der Waals surface area contributed by atoms with Crippen molar-refractivity contribution in [2.75, 3.05) is 13.1 Å². The summed E-state index contributed by atoms with van der Waals surface area (Å²) < 4.78 is 20.2. The average molecular weight is 402 g/mol. The van der Waals surface area contributed by atoms with Crippen LogP contribution >= 0.6 is 28.1 Å². The fourth-order valence-electron chi connectivity index (χ4n) is 2.56. The van der Waals surface area contributed by atoms with E-state index in [0.717, 1.165) is 17.3 Å². The Bertz CT molecular complexity index is 607. The quantitative estimate of drug-likeness (QED) is 0.518. The molecule has 2 rings (SSSR count). The molecule has 0 spiro atoms. The van der Waals surface area contributed by atoms with Gasteiger partial charge in [-0.1, -0.05) is 28.1 Å². The van der Waals surface area contributed by atoms with Crippen LogP contribution in [-0.4, -0.2) is 34.5 Å². The lowest BCUT2D eigenvalue weighted by Crippen LogP contribution is -2.42. The number of hydrogen-bond donors (Lipinski definition) is 0. The first-order valence-electron chi connectivity index (χ1n) is 7.64. The Morgan fingerprint density at radius 3 is 2.52 bits per heavy atom. The smallest absolute Gasteiger partial charge is 0.410 e. The molecule has 1 amide bonds. The van der Waals surface area contributed by atoms with Gasteiger partial charge in [-0.2, -0.15) is 0 Å². The molecule has 1 saturated heterocycles. The van der Waals surface area contributed by atoms with Gasteiger partial charge in [0.1, 0.15) is 11.4 Å². The fraction of sp³-hybridized carbons (Fsp3) is 0.529. The van der Waals surface area contributed by atoms with Crippen molar-refractivity contribution in [3.8, 4) is 0 Å². The molecular weight excluding hydrogens is 381 g/mol. The van der Waals surface area contributed by atoms with Gasteiger partial charge in [0, 0.05) is 28.0 Å². The van der Waals surface area contributed by atoms with Gasteiger partial charge in [0.15, 0.2) is 0 Å². The van der Waals surface area contributed by atoms with Crippen LogP contribution in [0.3, 0.4) is 0 Å². The first kappa shape index (κ1) is 18.3. The molecule has 1 heterocycles. The summed E-state index contributed by atoms with van der Waals surface area (Å²) in [5.41, 5.74) is -0.0204. The van der Waals surface area contributed by atoms with Crippen LogP contribution in [0.25, 0.3) is 0 Å². The highest BCUT2D eigenvalue weighted by molar-refractivity contribution is 9.10. The molecule has 3 nitrogen and oxygen atoms in total. The number of likely N-dealkylation sites (tertiary alicyclic amines) is 1. The second-order valence-corrected chi connectivity index (χ2v) is 8.09. The van der Waals surface area contributed by atoms with Crippen LogP contribution in [0.5, 0.6) is 0 Å². The predicted octanol–water partition coefficient (Wildman–Crippen LogP) is 4.95. The van der Waals surface area contributed by atoms with Crippen molar-refractivity contribution >= 4 is 39.1 Å². The Morgan fingerprint density at radius 2 is 1.96 bits per heavy atom. The first-order valence-corrected chi connectivity index (χ1v) is 8.84. The van der Waals surface area contributed by atoms with E-state index in [2.05, 4.69) is 15.9 Å². The topological polar surface area (TPSA) is 29.5 Å². The summed E-state index contributed by atoms with van der Waals surface area (Å²) in [5, 5.41) is 0. The number of carbonyl (C=O) groups excluding carboxylic acids is 1. The van der Waals surface area contributed by atoms with Crippen LogP contribution in [-0.2, 0) is 4.74 Å². The van der Waals surface area contributed by atoms with Crippen molar-refractivity contribution in [3.63, 3.8) is 0 Å². The number of hydrogen-bond acceptors (Lipinski definition) is 3. The molecule has 0 saturated carbocycles. The zero-order valence-electron chi connectivity index (χ0n) is 13.6. The minimum atomic E-state index is -0.497. The van der Waals surface area contributed by atoms with Gasteiger partial charge >= 0.3 is 6.09 Å². The highest BCUT2D eigenvalue weighted by Crippen LogP contribution is 2.26. The molecule has 6 heteroatoms. The molecule has 1 aliphatic heterocycles. The summed E-state index contributed by atoms with van der Waals surface area (Å²) >= 11 is 8.83. The molecule has 0 unspecified atom stereocenters.